The molecular weight excluding hydrogens is 273 g/mol. The average Bonchev–Trinajstić information content (AvgIpc) is 2.53. The summed E-state index contributed by atoms with van der Waals surface area (Å²) in [6.07, 6.45) is 0. The van der Waals surface area contributed by atoms with E-state index in [2.05, 4.69) is 0 Å². The van der Waals surface area contributed by atoms with Crippen LogP contribution in [0.2, 0.25) is 0 Å². The fraction of sp³-hybridized carbons (Fsp3) is 0.250. The molecule has 0 saturated carbocycles. The van der Waals surface area contributed by atoms with Crippen molar-refractivity contribution in [3.05, 3.63) is 53.3 Å². The highest BCUT2D eigenvalue weighted by molar-refractivity contribution is 5.49. The molecule has 1 unspecified atom stereocenters. The van der Waals surface area contributed by atoms with Gasteiger partial charge in [0.05, 0.1) is 32.9 Å². The first kappa shape index (κ1) is 15.1. The van der Waals surface area contributed by atoms with Crippen molar-refractivity contribution in [2.24, 2.45) is 5.73 Å². The molecule has 0 aromatic heterocycles. The van der Waals surface area contributed by atoms with Gasteiger partial charge in [0, 0.05) is 5.56 Å². The molecule has 0 aliphatic carbocycles. The number of ether oxygens (including phenoxy) is 3. The summed E-state index contributed by atoms with van der Waals surface area (Å²) in [5, 5.41) is 0. The van der Waals surface area contributed by atoms with Gasteiger partial charge in [0.25, 0.3) is 0 Å². The van der Waals surface area contributed by atoms with Crippen LogP contribution in [0, 0.1) is 5.82 Å². The summed E-state index contributed by atoms with van der Waals surface area (Å²) < 4.78 is 29.9. The van der Waals surface area contributed by atoms with Crippen LogP contribution in [0.15, 0.2) is 36.4 Å². The minimum absolute atomic E-state index is 0.284. The zero-order valence-corrected chi connectivity index (χ0v) is 12.2. The first-order chi connectivity index (χ1) is 10.1. The fourth-order valence-electron chi connectivity index (χ4n) is 2.24. The van der Waals surface area contributed by atoms with Crippen molar-refractivity contribution in [1.82, 2.24) is 0 Å². The Morgan fingerprint density at radius 1 is 0.952 bits per heavy atom. The molecule has 0 amide bonds. The highest BCUT2D eigenvalue weighted by Crippen LogP contribution is 2.36. The van der Waals surface area contributed by atoms with Crippen molar-refractivity contribution in [3.63, 3.8) is 0 Å². The molecule has 0 saturated heterocycles. The normalized spacial score (nSPS) is 11.9. The molecule has 0 bridgehead atoms. The van der Waals surface area contributed by atoms with E-state index < -0.39 is 11.9 Å². The first-order valence-corrected chi connectivity index (χ1v) is 6.42. The second-order valence-electron chi connectivity index (χ2n) is 4.44. The fourth-order valence-corrected chi connectivity index (χ4v) is 2.24. The van der Waals surface area contributed by atoms with E-state index in [-0.39, 0.29) is 5.56 Å². The van der Waals surface area contributed by atoms with E-state index in [1.165, 1.54) is 20.3 Å². The molecule has 0 aliphatic heterocycles. The minimum atomic E-state index is -0.730. The van der Waals surface area contributed by atoms with Crippen LogP contribution < -0.4 is 19.9 Å². The Bertz CT molecular complexity index is 631. The van der Waals surface area contributed by atoms with E-state index in [0.717, 1.165) is 0 Å². The van der Waals surface area contributed by atoms with Gasteiger partial charge in [-0.1, -0.05) is 6.07 Å². The summed E-state index contributed by atoms with van der Waals surface area (Å²) in [5.74, 6) is 1.16. The summed E-state index contributed by atoms with van der Waals surface area (Å²) in [7, 11) is 4.57. The molecule has 1 atom stereocenters. The van der Waals surface area contributed by atoms with Crippen LogP contribution in [0.5, 0.6) is 17.2 Å². The molecule has 0 radical (unpaired) electrons. The zero-order chi connectivity index (χ0) is 15.4. The molecule has 0 aliphatic rings. The number of benzene rings is 2. The Kier molecular flexibility index (Phi) is 4.65. The van der Waals surface area contributed by atoms with Gasteiger partial charge in [-0.25, -0.2) is 4.39 Å². The number of methoxy groups -OCH3 is 3. The van der Waals surface area contributed by atoms with E-state index in [0.29, 0.717) is 22.8 Å². The SMILES string of the molecule is COc1ccc(OC)c(C(N)c2c(F)cccc2OC)c1. The van der Waals surface area contributed by atoms with Crippen molar-refractivity contribution >= 4 is 0 Å². The van der Waals surface area contributed by atoms with Gasteiger partial charge in [-0.15, -0.1) is 0 Å². The van der Waals surface area contributed by atoms with Crippen molar-refractivity contribution in [2.45, 2.75) is 6.04 Å². The predicted octanol–water partition coefficient (Wildman–Crippen LogP) is 2.90. The van der Waals surface area contributed by atoms with Gasteiger partial charge < -0.3 is 19.9 Å². The maximum absolute atomic E-state index is 14.2. The van der Waals surface area contributed by atoms with Gasteiger partial charge in [-0.3, -0.25) is 0 Å². The number of halogens is 1. The second kappa shape index (κ2) is 6.45. The van der Waals surface area contributed by atoms with Gasteiger partial charge >= 0.3 is 0 Å². The second-order valence-corrected chi connectivity index (χ2v) is 4.44. The van der Waals surface area contributed by atoms with Crippen LogP contribution in [-0.2, 0) is 0 Å². The Hall–Kier alpha value is -2.27. The lowest BCUT2D eigenvalue weighted by atomic mass is 9.97. The summed E-state index contributed by atoms with van der Waals surface area (Å²) in [6, 6.07) is 9.10. The Labute approximate surface area is 123 Å². The van der Waals surface area contributed by atoms with Gasteiger partial charge in [-0.2, -0.15) is 0 Å². The van der Waals surface area contributed by atoms with Gasteiger partial charge in [-0.05, 0) is 30.3 Å². The van der Waals surface area contributed by atoms with Gasteiger partial charge in [0.2, 0.25) is 0 Å². The lowest BCUT2D eigenvalue weighted by molar-refractivity contribution is 0.390. The monoisotopic (exact) mass is 291 g/mol. The number of rotatable bonds is 5. The van der Waals surface area contributed by atoms with Gasteiger partial charge in [0.1, 0.15) is 23.1 Å². The molecule has 21 heavy (non-hydrogen) atoms. The molecule has 2 N–H and O–H groups in total. The summed E-state index contributed by atoms with van der Waals surface area (Å²) >= 11 is 0. The molecule has 0 heterocycles. The number of hydrogen-bond donors (Lipinski definition) is 1. The smallest absolute Gasteiger partial charge is 0.132 e. The zero-order valence-electron chi connectivity index (χ0n) is 12.2. The molecular formula is C16H18FNO3. The number of hydrogen-bond acceptors (Lipinski definition) is 4. The molecule has 2 rings (SSSR count). The Morgan fingerprint density at radius 3 is 2.29 bits per heavy atom. The third kappa shape index (κ3) is 2.92. The standard InChI is InChI=1S/C16H18FNO3/c1-19-10-7-8-13(20-2)11(9-10)16(18)15-12(17)5-4-6-14(15)21-3/h4-9,16H,18H2,1-3H3. The van der Waals surface area contributed by atoms with E-state index in [1.807, 2.05) is 0 Å². The maximum Gasteiger partial charge on any atom is 0.132 e. The third-order valence-electron chi connectivity index (χ3n) is 3.32. The molecule has 2 aromatic rings. The summed E-state index contributed by atoms with van der Waals surface area (Å²) in [6.45, 7) is 0. The molecule has 4 nitrogen and oxygen atoms in total. The van der Waals surface area contributed by atoms with Gasteiger partial charge in [0.15, 0.2) is 0 Å². The highest BCUT2D eigenvalue weighted by Gasteiger charge is 2.22. The number of nitrogens with two attached hydrogens (primary N) is 1. The lowest BCUT2D eigenvalue weighted by Crippen LogP contribution is -2.16. The molecule has 5 heteroatoms. The summed E-state index contributed by atoms with van der Waals surface area (Å²) in [5.41, 5.74) is 7.15. The maximum atomic E-state index is 14.2. The van der Waals surface area contributed by atoms with E-state index >= 15 is 0 Å². The lowest BCUT2D eigenvalue weighted by Gasteiger charge is -2.19. The van der Waals surface area contributed by atoms with Crippen LogP contribution in [0.25, 0.3) is 0 Å². The molecule has 0 fully saturated rings. The van der Waals surface area contributed by atoms with Crippen LogP contribution >= 0.6 is 0 Å². The van der Waals surface area contributed by atoms with Crippen LogP contribution in [0.4, 0.5) is 4.39 Å². The minimum Gasteiger partial charge on any atom is -0.497 e. The average molecular weight is 291 g/mol. The molecule has 112 valence electrons. The highest BCUT2D eigenvalue weighted by atomic mass is 19.1. The van der Waals surface area contributed by atoms with Crippen LogP contribution in [0.1, 0.15) is 17.2 Å². The summed E-state index contributed by atoms with van der Waals surface area (Å²) in [4.78, 5) is 0. The van der Waals surface area contributed by atoms with Crippen LogP contribution in [0.3, 0.4) is 0 Å². The van der Waals surface area contributed by atoms with Crippen molar-refractivity contribution in [1.29, 1.82) is 0 Å². The van der Waals surface area contributed by atoms with Crippen molar-refractivity contribution in [3.8, 4) is 17.2 Å². The Morgan fingerprint density at radius 2 is 1.67 bits per heavy atom. The first-order valence-electron chi connectivity index (χ1n) is 6.42. The van der Waals surface area contributed by atoms with E-state index in [9.17, 15) is 4.39 Å². The van der Waals surface area contributed by atoms with E-state index in [4.69, 9.17) is 19.9 Å². The molecule has 0 spiro atoms. The largest absolute Gasteiger partial charge is 0.497 e. The van der Waals surface area contributed by atoms with E-state index in [1.54, 1.807) is 37.4 Å². The van der Waals surface area contributed by atoms with Crippen LogP contribution in [-0.4, -0.2) is 21.3 Å². The topological polar surface area (TPSA) is 53.7 Å². The predicted molar refractivity (Wildman–Crippen MR) is 78.5 cm³/mol. The van der Waals surface area contributed by atoms with Crippen molar-refractivity contribution in [2.75, 3.05) is 21.3 Å². The quantitative estimate of drug-likeness (QED) is 0.920. The Balaban J connectivity index is 2.56. The third-order valence-corrected chi connectivity index (χ3v) is 3.32. The van der Waals surface area contributed by atoms with Crippen molar-refractivity contribution < 1.29 is 18.6 Å². The molecule has 2 aromatic carbocycles.